The molecule has 2 bridgehead atoms. The largest absolute Gasteiger partial charge is 0.480 e. The second kappa shape index (κ2) is 8.29. The molecule has 0 aromatic carbocycles. The maximum absolute atomic E-state index is 12.8. The number of nitrogens with zero attached hydrogens (tertiary/aromatic N) is 3. The lowest BCUT2D eigenvalue weighted by Crippen LogP contribution is -2.53. The maximum Gasteiger partial charge on any atom is 0.326 e. The summed E-state index contributed by atoms with van der Waals surface area (Å²) in [5.41, 5.74) is 0.418. The predicted octanol–water partition coefficient (Wildman–Crippen LogP) is 0.522. The van der Waals surface area contributed by atoms with Crippen molar-refractivity contribution in [3.05, 3.63) is 11.9 Å². The highest BCUT2D eigenvalue weighted by Gasteiger charge is 2.32. The van der Waals surface area contributed by atoms with E-state index in [0.29, 0.717) is 18.5 Å². The number of rotatable bonds is 5. The number of hydrogen-bond donors (Lipinski definition) is 3. The Labute approximate surface area is 152 Å². The minimum absolute atomic E-state index is 0.0120. The number of aromatic nitrogens is 3. The molecule has 144 valence electrons. The van der Waals surface area contributed by atoms with Gasteiger partial charge in [-0.1, -0.05) is 32.9 Å². The monoisotopic (exact) mass is 365 g/mol. The van der Waals surface area contributed by atoms with Gasteiger partial charge in [-0.15, -0.1) is 5.10 Å². The summed E-state index contributed by atoms with van der Waals surface area (Å²) in [5.74, 6) is -1.58. The number of hydrogen-bond acceptors (Lipinski definition) is 5. The van der Waals surface area contributed by atoms with E-state index in [4.69, 9.17) is 0 Å². The molecule has 2 rings (SSSR count). The summed E-state index contributed by atoms with van der Waals surface area (Å²) in [7, 11) is 0. The molecule has 0 aliphatic carbocycles. The molecule has 0 spiro atoms. The van der Waals surface area contributed by atoms with Crippen LogP contribution in [0.3, 0.4) is 0 Å². The van der Waals surface area contributed by atoms with Crippen molar-refractivity contribution < 1.29 is 19.5 Å². The lowest BCUT2D eigenvalue weighted by molar-refractivity contribution is -0.142. The molecule has 0 saturated heterocycles. The normalized spacial score (nSPS) is 24.2. The zero-order valence-corrected chi connectivity index (χ0v) is 15.6. The van der Waals surface area contributed by atoms with E-state index < -0.39 is 30.0 Å². The van der Waals surface area contributed by atoms with E-state index in [-0.39, 0.29) is 24.2 Å². The molecule has 2 heterocycles. The standard InChI is InChI=1S/C17H27N5O4/c1-9(2)5-12-15(23)19-13(17(25)26)7-11-8-22(21-20-11)14(6-10(3)4)16(24)18-12/h8-10,12-14H,5-7H2,1-4H3,(H,18,24)(H,19,23)(H,25,26)/t12-,13-,14-/m0/s1. The van der Waals surface area contributed by atoms with Crippen LogP contribution in [-0.2, 0) is 20.8 Å². The van der Waals surface area contributed by atoms with Crippen LogP contribution in [-0.4, -0.2) is 50.0 Å². The summed E-state index contributed by atoms with van der Waals surface area (Å²) >= 11 is 0. The van der Waals surface area contributed by atoms with Crippen LogP contribution in [0.25, 0.3) is 0 Å². The number of nitrogens with one attached hydrogen (secondary N) is 2. The van der Waals surface area contributed by atoms with Crippen molar-refractivity contribution in [3.63, 3.8) is 0 Å². The van der Waals surface area contributed by atoms with Crippen molar-refractivity contribution in [1.29, 1.82) is 0 Å². The maximum atomic E-state index is 12.8. The molecule has 9 heteroatoms. The Morgan fingerprint density at radius 3 is 2.42 bits per heavy atom. The number of amides is 2. The van der Waals surface area contributed by atoms with Crippen LogP contribution in [0.5, 0.6) is 0 Å². The molecule has 1 aromatic heterocycles. The van der Waals surface area contributed by atoms with E-state index in [9.17, 15) is 19.5 Å². The van der Waals surface area contributed by atoms with Gasteiger partial charge < -0.3 is 15.7 Å². The number of carbonyl (C=O) groups is 3. The van der Waals surface area contributed by atoms with Gasteiger partial charge in [0.15, 0.2) is 0 Å². The summed E-state index contributed by atoms with van der Waals surface area (Å²) in [4.78, 5) is 37.0. The van der Waals surface area contributed by atoms with Gasteiger partial charge in [0.05, 0.1) is 5.69 Å². The lowest BCUT2D eigenvalue weighted by atomic mass is 10.00. The van der Waals surface area contributed by atoms with Crippen LogP contribution in [0, 0.1) is 11.8 Å². The van der Waals surface area contributed by atoms with E-state index in [1.54, 1.807) is 6.20 Å². The Bertz CT molecular complexity index is 670. The van der Waals surface area contributed by atoms with Crippen LogP contribution in [0.1, 0.15) is 52.3 Å². The summed E-state index contributed by atoms with van der Waals surface area (Å²) in [6.07, 6.45) is 2.54. The topological polar surface area (TPSA) is 126 Å². The first-order chi connectivity index (χ1) is 12.2. The van der Waals surface area contributed by atoms with Crippen LogP contribution in [0.4, 0.5) is 0 Å². The highest BCUT2D eigenvalue weighted by atomic mass is 16.4. The molecular weight excluding hydrogens is 338 g/mol. The third-order valence-electron chi connectivity index (χ3n) is 4.24. The molecule has 2 amide bonds. The average Bonchev–Trinajstić information content (AvgIpc) is 2.97. The Morgan fingerprint density at radius 2 is 1.85 bits per heavy atom. The molecule has 0 saturated carbocycles. The molecule has 3 atom stereocenters. The van der Waals surface area contributed by atoms with E-state index in [0.717, 1.165) is 0 Å². The summed E-state index contributed by atoms with van der Waals surface area (Å²) in [5, 5.41) is 22.7. The second-order valence-corrected chi connectivity index (χ2v) is 7.63. The zero-order valence-electron chi connectivity index (χ0n) is 15.6. The van der Waals surface area contributed by atoms with Crippen molar-refractivity contribution >= 4 is 17.8 Å². The second-order valence-electron chi connectivity index (χ2n) is 7.63. The number of carboxylic acid groups (broad SMARTS) is 1. The van der Waals surface area contributed by atoms with Gasteiger partial charge in [-0.05, 0) is 24.7 Å². The van der Waals surface area contributed by atoms with Crippen molar-refractivity contribution in [3.8, 4) is 0 Å². The molecule has 1 aliphatic rings. The van der Waals surface area contributed by atoms with Crippen LogP contribution >= 0.6 is 0 Å². The van der Waals surface area contributed by atoms with Gasteiger partial charge in [-0.25, -0.2) is 9.48 Å². The SMILES string of the molecule is CC(C)C[C@@H]1NC(=O)[C@H](CC(C)C)n2cc(nn2)C[C@@H](C(=O)O)NC1=O. The van der Waals surface area contributed by atoms with E-state index in [1.807, 2.05) is 27.7 Å². The van der Waals surface area contributed by atoms with Gasteiger partial charge in [0.25, 0.3) is 0 Å². The van der Waals surface area contributed by atoms with E-state index in [1.165, 1.54) is 4.68 Å². The third kappa shape index (κ3) is 5.03. The van der Waals surface area contributed by atoms with Gasteiger partial charge >= 0.3 is 5.97 Å². The Balaban J connectivity index is 2.40. The summed E-state index contributed by atoms with van der Waals surface area (Å²) < 4.78 is 1.46. The van der Waals surface area contributed by atoms with E-state index >= 15 is 0 Å². The van der Waals surface area contributed by atoms with Crippen molar-refractivity contribution in [2.24, 2.45) is 11.8 Å². The first-order valence-corrected chi connectivity index (χ1v) is 8.91. The van der Waals surface area contributed by atoms with Gasteiger partial charge in [-0.3, -0.25) is 9.59 Å². The molecule has 3 N–H and O–H groups in total. The fourth-order valence-corrected chi connectivity index (χ4v) is 2.99. The molecule has 1 aliphatic heterocycles. The minimum Gasteiger partial charge on any atom is -0.480 e. The molecule has 0 fully saturated rings. The van der Waals surface area contributed by atoms with Crippen LogP contribution in [0.2, 0.25) is 0 Å². The molecule has 0 unspecified atom stereocenters. The first kappa shape index (κ1) is 19.9. The van der Waals surface area contributed by atoms with Gasteiger partial charge in [0, 0.05) is 12.6 Å². The number of carbonyl (C=O) groups excluding carboxylic acids is 2. The summed E-state index contributed by atoms with van der Waals surface area (Å²) in [6.45, 7) is 7.87. The Hall–Kier alpha value is -2.45. The number of fused-ring (bicyclic) bond motifs is 2. The highest BCUT2D eigenvalue weighted by molar-refractivity contribution is 5.91. The lowest BCUT2D eigenvalue weighted by Gasteiger charge is -2.25. The van der Waals surface area contributed by atoms with Gasteiger partial charge in [0.2, 0.25) is 11.8 Å². The van der Waals surface area contributed by atoms with Crippen LogP contribution in [0.15, 0.2) is 6.20 Å². The summed E-state index contributed by atoms with van der Waals surface area (Å²) in [6, 6.07) is -2.51. The number of carboxylic acids is 1. The van der Waals surface area contributed by atoms with Crippen molar-refractivity contribution in [1.82, 2.24) is 25.6 Å². The molecule has 26 heavy (non-hydrogen) atoms. The third-order valence-corrected chi connectivity index (χ3v) is 4.24. The number of aliphatic carboxylic acids is 1. The zero-order chi connectivity index (χ0) is 19.4. The first-order valence-electron chi connectivity index (χ1n) is 8.91. The molecular formula is C17H27N5O4. The van der Waals surface area contributed by atoms with E-state index in [2.05, 4.69) is 20.9 Å². The quantitative estimate of drug-likeness (QED) is 0.698. The van der Waals surface area contributed by atoms with Gasteiger partial charge in [-0.2, -0.15) is 0 Å². The minimum atomic E-state index is -1.15. The van der Waals surface area contributed by atoms with Crippen LogP contribution < -0.4 is 10.6 Å². The van der Waals surface area contributed by atoms with Crippen molar-refractivity contribution in [2.75, 3.05) is 0 Å². The Kier molecular flexibility index (Phi) is 6.33. The average molecular weight is 365 g/mol. The van der Waals surface area contributed by atoms with Gasteiger partial charge in [0.1, 0.15) is 18.1 Å². The molecule has 9 nitrogen and oxygen atoms in total. The molecule has 0 radical (unpaired) electrons. The predicted molar refractivity (Wildman–Crippen MR) is 93.2 cm³/mol. The highest BCUT2D eigenvalue weighted by Crippen LogP contribution is 2.19. The fourth-order valence-electron chi connectivity index (χ4n) is 2.99. The smallest absolute Gasteiger partial charge is 0.326 e. The van der Waals surface area contributed by atoms with Crippen molar-refractivity contribution in [2.45, 2.75) is 65.1 Å². The molecule has 1 aromatic rings. The fraction of sp³-hybridized carbons (Fsp3) is 0.706. The Morgan fingerprint density at radius 1 is 1.19 bits per heavy atom.